The second-order valence-corrected chi connectivity index (χ2v) is 3.97. The molecule has 86 valence electrons. The molecule has 0 radical (unpaired) electrons. The molecule has 3 N–H and O–H groups in total. The molecule has 0 aliphatic heterocycles. The Morgan fingerprint density at radius 2 is 1.82 bits per heavy atom. The lowest BCUT2D eigenvalue weighted by atomic mass is 10.2. The van der Waals surface area contributed by atoms with Crippen LogP contribution in [0.5, 0.6) is 0 Å². The predicted octanol–water partition coefficient (Wildman–Crippen LogP) is 2.16. The molecule has 0 atom stereocenters. The minimum absolute atomic E-state index is 0.273. The van der Waals surface area contributed by atoms with Crippen LogP contribution in [0.2, 0.25) is 0 Å². The average molecular weight is 244 g/mol. The molecule has 0 unspecified atom stereocenters. The smallest absolute Gasteiger partial charge is 0.124 e. The fourth-order valence-corrected chi connectivity index (χ4v) is 1.63. The normalized spacial score (nSPS) is 9.94. The van der Waals surface area contributed by atoms with Crippen LogP contribution in [0.15, 0.2) is 36.7 Å². The molecular formula is C12H12N4S. The van der Waals surface area contributed by atoms with Gasteiger partial charge in [0.05, 0.1) is 17.1 Å². The minimum atomic E-state index is 0.273. The molecule has 5 heteroatoms. The zero-order valence-corrected chi connectivity index (χ0v) is 10.2. The number of anilines is 2. The molecule has 0 amide bonds. The Morgan fingerprint density at radius 1 is 1.18 bits per heavy atom. The number of pyridine rings is 2. The first-order valence-corrected chi connectivity index (χ1v) is 5.53. The lowest BCUT2D eigenvalue weighted by Gasteiger charge is -2.11. The number of hydrogen-bond acceptors (Lipinski definition) is 4. The van der Waals surface area contributed by atoms with Crippen molar-refractivity contribution < 1.29 is 0 Å². The van der Waals surface area contributed by atoms with Gasteiger partial charge in [0.1, 0.15) is 10.7 Å². The van der Waals surface area contributed by atoms with E-state index in [1.54, 1.807) is 12.4 Å². The lowest BCUT2D eigenvalue weighted by molar-refractivity contribution is 1.19. The molecular weight excluding hydrogens is 232 g/mol. The quantitative estimate of drug-likeness (QED) is 0.810. The maximum absolute atomic E-state index is 5.62. The van der Waals surface area contributed by atoms with Crippen LogP contribution < -0.4 is 11.1 Å². The van der Waals surface area contributed by atoms with Crippen LogP contribution in [0.1, 0.15) is 11.4 Å². The molecule has 0 spiro atoms. The van der Waals surface area contributed by atoms with E-state index in [1.165, 1.54) is 0 Å². The zero-order chi connectivity index (χ0) is 12.3. The van der Waals surface area contributed by atoms with Crippen molar-refractivity contribution in [1.82, 2.24) is 9.97 Å². The molecule has 0 saturated heterocycles. The third-order valence-electron chi connectivity index (χ3n) is 2.32. The SMILES string of the molecule is Cc1ncccc1Nc1cccnc1C(N)=S. The monoisotopic (exact) mass is 244 g/mol. The van der Waals surface area contributed by atoms with Crippen LogP contribution in [0.4, 0.5) is 11.4 Å². The molecule has 2 heterocycles. The first-order chi connectivity index (χ1) is 8.18. The molecule has 2 aromatic rings. The van der Waals surface area contributed by atoms with Crippen LogP contribution in [-0.4, -0.2) is 15.0 Å². The summed E-state index contributed by atoms with van der Waals surface area (Å²) in [4.78, 5) is 8.63. The van der Waals surface area contributed by atoms with Gasteiger partial charge in [-0.25, -0.2) is 0 Å². The highest BCUT2D eigenvalue weighted by Crippen LogP contribution is 2.20. The van der Waals surface area contributed by atoms with Gasteiger partial charge in [-0.05, 0) is 31.2 Å². The fraction of sp³-hybridized carbons (Fsp3) is 0.0833. The molecule has 2 aromatic heterocycles. The topological polar surface area (TPSA) is 63.8 Å². The van der Waals surface area contributed by atoms with E-state index in [1.807, 2.05) is 31.2 Å². The second-order valence-electron chi connectivity index (χ2n) is 3.53. The van der Waals surface area contributed by atoms with Crippen LogP contribution in [0.3, 0.4) is 0 Å². The summed E-state index contributed by atoms with van der Waals surface area (Å²) in [7, 11) is 0. The number of thiocarbonyl (C=S) groups is 1. The Kier molecular flexibility index (Phi) is 3.30. The van der Waals surface area contributed by atoms with Crippen molar-refractivity contribution in [2.75, 3.05) is 5.32 Å². The predicted molar refractivity (Wildman–Crippen MR) is 72.4 cm³/mol. The first kappa shape index (κ1) is 11.5. The van der Waals surface area contributed by atoms with E-state index in [0.717, 1.165) is 17.1 Å². The van der Waals surface area contributed by atoms with Crippen LogP contribution in [0.25, 0.3) is 0 Å². The zero-order valence-electron chi connectivity index (χ0n) is 9.34. The van der Waals surface area contributed by atoms with Gasteiger partial charge in [0, 0.05) is 12.4 Å². The maximum Gasteiger partial charge on any atom is 0.124 e. The highest BCUT2D eigenvalue weighted by atomic mass is 32.1. The first-order valence-electron chi connectivity index (χ1n) is 5.12. The molecule has 0 bridgehead atoms. The van der Waals surface area contributed by atoms with Gasteiger partial charge in [0.2, 0.25) is 0 Å². The van der Waals surface area contributed by atoms with E-state index in [-0.39, 0.29) is 4.99 Å². The maximum atomic E-state index is 5.62. The summed E-state index contributed by atoms with van der Waals surface area (Å²) in [6, 6.07) is 7.52. The molecule has 4 nitrogen and oxygen atoms in total. The fourth-order valence-electron chi connectivity index (χ4n) is 1.46. The summed E-state index contributed by atoms with van der Waals surface area (Å²) in [5.41, 5.74) is 8.82. The number of nitrogens with two attached hydrogens (primary N) is 1. The van der Waals surface area contributed by atoms with Gasteiger partial charge in [-0.1, -0.05) is 12.2 Å². The standard InChI is InChI=1S/C12H12N4S/c1-8-9(4-2-6-14-8)16-10-5-3-7-15-11(10)12(13)17/h2-7,16H,1H3,(H2,13,17). The highest BCUT2D eigenvalue weighted by molar-refractivity contribution is 7.80. The summed E-state index contributed by atoms with van der Waals surface area (Å²) in [6.45, 7) is 1.93. The van der Waals surface area contributed by atoms with Crippen LogP contribution >= 0.6 is 12.2 Å². The number of hydrogen-bond donors (Lipinski definition) is 2. The Hall–Kier alpha value is -2.01. The lowest BCUT2D eigenvalue weighted by Crippen LogP contribution is -2.14. The number of nitrogens with zero attached hydrogens (tertiary/aromatic N) is 2. The van der Waals surface area contributed by atoms with Gasteiger partial charge in [-0.2, -0.15) is 0 Å². The molecule has 0 aromatic carbocycles. The van der Waals surface area contributed by atoms with Gasteiger partial charge in [-0.15, -0.1) is 0 Å². The van der Waals surface area contributed by atoms with Crippen molar-refractivity contribution in [3.05, 3.63) is 48.0 Å². The van der Waals surface area contributed by atoms with E-state index in [4.69, 9.17) is 18.0 Å². The van der Waals surface area contributed by atoms with Crippen LogP contribution in [0, 0.1) is 6.92 Å². The molecule has 0 saturated carbocycles. The molecule has 0 aliphatic rings. The number of rotatable bonds is 3. The van der Waals surface area contributed by atoms with E-state index in [9.17, 15) is 0 Å². The van der Waals surface area contributed by atoms with Gasteiger partial charge in [-0.3, -0.25) is 9.97 Å². The third-order valence-corrected chi connectivity index (χ3v) is 2.51. The summed E-state index contributed by atoms with van der Waals surface area (Å²) in [5.74, 6) is 0. The Morgan fingerprint density at radius 3 is 2.47 bits per heavy atom. The average Bonchev–Trinajstić information content (AvgIpc) is 2.32. The van der Waals surface area contributed by atoms with Gasteiger partial charge in [0.15, 0.2) is 0 Å². The Bertz CT molecular complexity index is 554. The Labute approximate surface area is 105 Å². The van der Waals surface area contributed by atoms with Crippen molar-refractivity contribution >= 4 is 28.6 Å². The van der Waals surface area contributed by atoms with Crippen molar-refractivity contribution in [1.29, 1.82) is 0 Å². The van der Waals surface area contributed by atoms with Crippen LogP contribution in [-0.2, 0) is 0 Å². The van der Waals surface area contributed by atoms with E-state index in [0.29, 0.717) is 5.69 Å². The summed E-state index contributed by atoms with van der Waals surface area (Å²) >= 11 is 4.96. The number of aromatic nitrogens is 2. The van der Waals surface area contributed by atoms with Crippen molar-refractivity contribution in [3.8, 4) is 0 Å². The number of nitrogens with one attached hydrogen (secondary N) is 1. The minimum Gasteiger partial charge on any atom is -0.388 e. The summed E-state index contributed by atoms with van der Waals surface area (Å²) < 4.78 is 0. The highest BCUT2D eigenvalue weighted by Gasteiger charge is 2.07. The molecule has 2 rings (SSSR count). The van der Waals surface area contributed by atoms with Crippen molar-refractivity contribution in [3.63, 3.8) is 0 Å². The summed E-state index contributed by atoms with van der Waals surface area (Å²) in [6.07, 6.45) is 3.41. The van der Waals surface area contributed by atoms with Gasteiger partial charge >= 0.3 is 0 Å². The number of aryl methyl sites for hydroxylation is 1. The molecule has 0 fully saturated rings. The van der Waals surface area contributed by atoms with Gasteiger partial charge < -0.3 is 11.1 Å². The third kappa shape index (κ3) is 2.57. The van der Waals surface area contributed by atoms with E-state index in [2.05, 4.69) is 15.3 Å². The van der Waals surface area contributed by atoms with E-state index < -0.39 is 0 Å². The molecule has 0 aliphatic carbocycles. The van der Waals surface area contributed by atoms with Crippen molar-refractivity contribution in [2.24, 2.45) is 5.73 Å². The largest absolute Gasteiger partial charge is 0.388 e. The molecule has 17 heavy (non-hydrogen) atoms. The summed E-state index contributed by atoms with van der Waals surface area (Å²) in [5, 5.41) is 3.23. The second kappa shape index (κ2) is 4.88. The Balaban J connectivity index is 2.37. The van der Waals surface area contributed by atoms with Gasteiger partial charge in [0.25, 0.3) is 0 Å². The van der Waals surface area contributed by atoms with E-state index >= 15 is 0 Å². The van der Waals surface area contributed by atoms with Crippen molar-refractivity contribution in [2.45, 2.75) is 6.92 Å².